The first-order valence-corrected chi connectivity index (χ1v) is 6.72. The van der Waals surface area contributed by atoms with Crippen molar-refractivity contribution in [1.82, 2.24) is 20.2 Å². The molecule has 0 bridgehead atoms. The van der Waals surface area contributed by atoms with E-state index in [1.165, 1.54) is 4.68 Å². The summed E-state index contributed by atoms with van der Waals surface area (Å²) >= 11 is 5.82. The first-order valence-electron chi connectivity index (χ1n) is 6.34. The fourth-order valence-electron chi connectivity index (χ4n) is 1.97. The summed E-state index contributed by atoms with van der Waals surface area (Å²) < 4.78 is 1.49. The number of benzene rings is 2. The molecule has 0 amide bonds. The van der Waals surface area contributed by atoms with E-state index in [2.05, 4.69) is 15.5 Å². The molecule has 0 aliphatic heterocycles. The third kappa shape index (κ3) is 2.98. The molecular weight excluding hydrogens is 288 g/mol. The summed E-state index contributed by atoms with van der Waals surface area (Å²) in [6, 6.07) is 16.3. The Morgan fingerprint density at radius 3 is 2.48 bits per heavy atom. The molecule has 0 radical (unpaired) electrons. The van der Waals surface area contributed by atoms with Gasteiger partial charge in [0.15, 0.2) is 11.6 Å². The first kappa shape index (κ1) is 13.5. The van der Waals surface area contributed by atoms with Gasteiger partial charge in [-0.1, -0.05) is 41.9 Å². The standard InChI is InChI=1S/C15H11ClN4O/c16-13-8-6-11(7-9-13)14(21)10-20-15(17-18-19-20)12-4-2-1-3-5-12/h1-9H,10H2. The highest BCUT2D eigenvalue weighted by molar-refractivity contribution is 6.30. The molecule has 5 nitrogen and oxygen atoms in total. The number of hydrogen-bond acceptors (Lipinski definition) is 4. The Morgan fingerprint density at radius 2 is 1.76 bits per heavy atom. The van der Waals surface area contributed by atoms with E-state index in [0.717, 1.165) is 5.56 Å². The van der Waals surface area contributed by atoms with Gasteiger partial charge >= 0.3 is 0 Å². The molecule has 0 unspecified atom stereocenters. The second-order valence-corrected chi connectivity index (χ2v) is 4.89. The lowest BCUT2D eigenvalue weighted by Gasteiger charge is -2.04. The molecule has 0 aliphatic rings. The molecule has 1 aromatic heterocycles. The lowest BCUT2D eigenvalue weighted by atomic mass is 10.1. The first-order chi connectivity index (χ1) is 10.2. The zero-order valence-corrected chi connectivity index (χ0v) is 11.7. The summed E-state index contributed by atoms with van der Waals surface area (Å²) in [5.74, 6) is 0.495. The van der Waals surface area contributed by atoms with Crippen molar-refractivity contribution in [3.05, 3.63) is 65.2 Å². The van der Waals surface area contributed by atoms with Crippen molar-refractivity contribution in [3.63, 3.8) is 0 Å². The average Bonchev–Trinajstić information content (AvgIpc) is 2.97. The van der Waals surface area contributed by atoms with Crippen LogP contribution in [-0.2, 0) is 6.54 Å². The van der Waals surface area contributed by atoms with Crippen LogP contribution in [0.2, 0.25) is 5.02 Å². The molecule has 0 N–H and O–H groups in total. The predicted molar refractivity (Wildman–Crippen MR) is 79.0 cm³/mol. The van der Waals surface area contributed by atoms with Crippen molar-refractivity contribution in [2.24, 2.45) is 0 Å². The maximum absolute atomic E-state index is 12.2. The smallest absolute Gasteiger partial charge is 0.184 e. The highest BCUT2D eigenvalue weighted by atomic mass is 35.5. The minimum Gasteiger partial charge on any atom is -0.292 e. The topological polar surface area (TPSA) is 60.7 Å². The second kappa shape index (κ2) is 5.85. The van der Waals surface area contributed by atoms with E-state index in [1.54, 1.807) is 24.3 Å². The minimum atomic E-state index is -0.0730. The summed E-state index contributed by atoms with van der Waals surface area (Å²) in [5, 5.41) is 12.1. The normalized spacial score (nSPS) is 10.5. The molecular formula is C15H11ClN4O. The molecule has 0 atom stereocenters. The van der Waals surface area contributed by atoms with E-state index < -0.39 is 0 Å². The van der Waals surface area contributed by atoms with Gasteiger partial charge in [-0.15, -0.1) is 5.10 Å². The number of carbonyl (C=O) groups excluding carboxylic acids is 1. The molecule has 3 aromatic rings. The number of tetrazole rings is 1. The van der Waals surface area contributed by atoms with Crippen LogP contribution < -0.4 is 0 Å². The van der Waals surface area contributed by atoms with Crippen molar-refractivity contribution in [1.29, 1.82) is 0 Å². The summed E-state index contributed by atoms with van der Waals surface area (Å²) in [6.07, 6.45) is 0. The van der Waals surface area contributed by atoms with E-state index in [1.807, 2.05) is 30.3 Å². The molecule has 0 saturated carbocycles. The van der Waals surface area contributed by atoms with Crippen LogP contribution in [0.1, 0.15) is 10.4 Å². The molecule has 21 heavy (non-hydrogen) atoms. The van der Waals surface area contributed by atoms with E-state index in [4.69, 9.17) is 11.6 Å². The Balaban J connectivity index is 1.85. The van der Waals surface area contributed by atoms with Crippen LogP contribution in [0.4, 0.5) is 0 Å². The lowest BCUT2D eigenvalue weighted by molar-refractivity contribution is 0.0967. The lowest BCUT2D eigenvalue weighted by Crippen LogP contribution is -2.13. The Kier molecular flexibility index (Phi) is 3.75. The maximum atomic E-state index is 12.2. The summed E-state index contributed by atoms with van der Waals surface area (Å²) in [4.78, 5) is 12.2. The predicted octanol–water partition coefficient (Wildman–Crippen LogP) is 2.88. The van der Waals surface area contributed by atoms with Crippen LogP contribution in [0.25, 0.3) is 11.4 Å². The highest BCUT2D eigenvalue weighted by Gasteiger charge is 2.13. The average molecular weight is 299 g/mol. The summed E-state index contributed by atoms with van der Waals surface area (Å²) in [6.45, 7) is 0.0822. The SMILES string of the molecule is O=C(Cn1nnnc1-c1ccccc1)c1ccc(Cl)cc1. The molecule has 3 rings (SSSR count). The fraction of sp³-hybridized carbons (Fsp3) is 0.0667. The van der Waals surface area contributed by atoms with Crippen LogP contribution >= 0.6 is 11.6 Å². The van der Waals surface area contributed by atoms with Gasteiger partial charge in [-0.3, -0.25) is 4.79 Å². The molecule has 104 valence electrons. The van der Waals surface area contributed by atoms with Gasteiger partial charge in [0, 0.05) is 16.1 Å². The zero-order chi connectivity index (χ0) is 14.7. The quantitative estimate of drug-likeness (QED) is 0.695. The van der Waals surface area contributed by atoms with Crippen LogP contribution in [0.15, 0.2) is 54.6 Å². The van der Waals surface area contributed by atoms with Crippen molar-refractivity contribution < 1.29 is 4.79 Å². The molecule has 2 aromatic carbocycles. The molecule has 1 heterocycles. The number of nitrogens with zero attached hydrogens (tertiary/aromatic N) is 4. The number of halogens is 1. The van der Waals surface area contributed by atoms with Gasteiger partial charge in [0.2, 0.25) is 0 Å². The van der Waals surface area contributed by atoms with Crippen molar-refractivity contribution in [2.45, 2.75) is 6.54 Å². The Morgan fingerprint density at radius 1 is 1.05 bits per heavy atom. The summed E-state index contributed by atoms with van der Waals surface area (Å²) in [5.41, 5.74) is 1.44. The highest BCUT2D eigenvalue weighted by Crippen LogP contribution is 2.16. The van der Waals surface area contributed by atoms with Crippen molar-refractivity contribution >= 4 is 17.4 Å². The fourth-order valence-corrected chi connectivity index (χ4v) is 2.09. The molecule has 0 aliphatic carbocycles. The van der Waals surface area contributed by atoms with Gasteiger partial charge in [-0.05, 0) is 34.7 Å². The number of rotatable bonds is 4. The molecule has 6 heteroatoms. The maximum Gasteiger partial charge on any atom is 0.184 e. The van der Waals surface area contributed by atoms with Gasteiger partial charge in [-0.25, -0.2) is 4.68 Å². The van der Waals surface area contributed by atoms with E-state index in [9.17, 15) is 4.79 Å². The van der Waals surface area contributed by atoms with E-state index in [-0.39, 0.29) is 12.3 Å². The largest absolute Gasteiger partial charge is 0.292 e. The van der Waals surface area contributed by atoms with Gasteiger partial charge in [0.05, 0.1) is 0 Å². The zero-order valence-electron chi connectivity index (χ0n) is 11.0. The van der Waals surface area contributed by atoms with Crippen LogP contribution in [0.3, 0.4) is 0 Å². The minimum absolute atomic E-state index is 0.0730. The van der Waals surface area contributed by atoms with Gasteiger partial charge in [0.1, 0.15) is 6.54 Å². The Labute approximate surface area is 126 Å². The third-order valence-electron chi connectivity index (χ3n) is 3.02. The monoisotopic (exact) mass is 298 g/mol. The molecule has 0 spiro atoms. The summed E-state index contributed by atoms with van der Waals surface area (Å²) in [7, 11) is 0. The third-order valence-corrected chi connectivity index (χ3v) is 3.28. The van der Waals surface area contributed by atoms with Crippen LogP contribution in [0.5, 0.6) is 0 Å². The second-order valence-electron chi connectivity index (χ2n) is 4.46. The number of Topliss-reactive ketones (excluding diaryl/α,β-unsaturated/α-hetero) is 1. The van der Waals surface area contributed by atoms with Crippen molar-refractivity contribution in [3.8, 4) is 11.4 Å². The molecule has 0 fully saturated rings. The van der Waals surface area contributed by atoms with E-state index >= 15 is 0 Å². The van der Waals surface area contributed by atoms with Crippen LogP contribution in [-0.4, -0.2) is 26.0 Å². The van der Waals surface area contributed by atoms with Crippen molar-refractivity contribution in [2.75, 3.05) is 0 Å². The Hall–Kier alpha value is -2.53. The van der Waals surface area contributed by atoms with Gasteiger partial charge in [-0.2, -0.15) is 0 Å². The number of hydrogen-bond donors (Lipinski definition) is 0. The Bertz CT molecular complexity index is 753. The number of carbonyl (C=O) groups is 1. The van der Waals surface area contributed by atoms with Crippen LogP contribution in [0, 0.1) is 0 Å². The number of ketones is 1. The van der Waals surface area contributed by atoms with Gasteiger partial charge in [0.25, 0.3) is 0 Å². The van der Waals surface area contributed by atoms with Gasteiger partial charge < -0.3 is 0 Å². The molecule has 0 saturated heterocycles. The number of aromatic nitrogens is 4. The van der Waals surface area contributed by atoms with E-state index in [0.29, 0.717) is 16.4 Å².